The van der Waals surface area contributed by atoms with E-state index in [1.807, 2.05) is 19.1 Å². The molecule has 0 bridgehead atoms. The molecule has 0 unspecified atom stereocenters. The summed E-state index contributed by atoms with van der Waals surface area (Å²) in [4.78, 5) is 40.2. The number of thioether (sulfide) groups is 1. The molecule has 2 aliphatic rings. The number of para-hydroxylation sites is 2. The third-order valence-electron chi connectivity index (χ3n) is 4.60. The van der Waals surface area contributed by atoms with Gasteiger partial charge in [0, 0.05) is 12.1 Å². The van der Waals surface area contributed by atoms with Crippen LogP contribution in [0.3, 0.4) is 0 Å². The molecule has 2 N–H and O–H groups in total. The minimum Gasteiger partial charge on any atom is -0.507 e. The number of likely N-dealkylation sites (N-methyl/N-ethyl adjacent to an activating group) is 1. The van der Waals surface area contributed by atoms with Crippen LogP contribution in [0.2, 0.25) is 0 Å². The van der Waals surface area contributed by atoms with E-state index in [1.165, 1.54) is 12.1 Å². The van der Waals surface area contributed by atoms with Gasteiger partial charge in [-0.2, -0.15) is 5.01 Å². The maximum absolute atomic E-state index is 13.0. The van der Waals surface area contributed by atoms with Gasteiger partial charge >= 0.3 is 0 Å². The van der Waals surface area contributed by atoms with Gasteiger partial charge in [-0.3, -0.25) is 19.8 Å². The zero-order chi connectivity index (χ0) is 20.7. The molecule has 3 amide bonds. The summed E-state index contributed by atoms with van der Waals surface area (Å²) < 4.78 is 0.0986. The largest absolute Gasteiger partial charge is 0.507 e. The fourth-order valence-corrected chi connectivity index (χ4v) is 4.51. The molecule has 2 heterocycles. The van der Waals surface area contributed by atoms with E-state index in [9.17, 15) is 19.5 Å². The van der Waals surface area contributed by atoms with Gasteiger partial charge in [0.15, 0.2) is 4.32 Å². The molecule has 0 radical (unpaired) electrons. The number of carbonyl (C=O) groups is 3. The number of nitrogens with one attached hydrogen (secondary N) is 1. The summed E-state index contributed by atoms with van der Waals surface area (Å²) in [7, 11) is 0. The van der Waals surface area contributed by atoms with Gasteiger partial charge in [-0.05, 0) is 37.3 Å². The summed E-state index contributed by atoms with van der Waals surface area (Å²) in [6, 6.07) is 13.2. The van der Waals surface area contributed by atoms with E-state index in [0.29, 0.717) is 12.1 Å². The van der Waals surface area contributed by atoms with Gasteiger partial charge in [0.25, 0.3) is 17.7 Å². The van der Waals surface area contributed by atoms with E-state index >= 15 is 0 Å². The van der Waals surface area contributed by atoms with Crippen LogP contribution in [0.4, 0.5) is 5.69 Å². The average molecular weight is 425 g/mol. The van der Waals surface area contributed by atoms with E-state index in [2.05, 4.69) is 5.43 Å². The van der Waals surface area contributed by atoms with Crippen molar-refractivity contribution in [1.29, 1.82) is 0 Å². The Morgan fingerprint density at radius 1 is 1.10 bits per heavy atom. The van der Waals surface area contributed by atoms with Gasteiger partial charge in [0.2, 0.25) is 0 Å². The molecular formula is C20H15N3O4S2. The Morgan fingerprint density at radius 2 is 1.79 bits per heavy atom. The number of benzene rings is 2. The number of thiocarbonyl (C=S) groups is 1. The van der Waals surface area contributed by atoms with Gasteiger partial charge in [0.1, 0.15) is 5.75 Å². The quantitative estimate of drug-likeness (QED) is 0.581. The van der Waals surface area contributed by atoms with Gasteiger partial charge in [-0.25, -0.2) is 0 Å². The number of nitrogens with zero attached hydrogens (tertiary/aromatic N) is 2. The van der Waals surface area contributed by atoms with Crippen molar-refractivity contribution < 1.29 is 19.5 Å². The second kappa shape index (κ2) is 7.34. The van der Waals surface area contributed by atoms with Crippen molar-refractivity contribution >= 4 is 57.3 Å². The van der Waals surface area contributed by atoms with Crippen molar-refractivity contribution in [2.75, 3.05) is 11.4 Å². The molecular weight excluding hydrogens is 410 g/mol. The first kappa shape index (κ1) is 19.2. The summed E-state index contributed by atoms with van der Waals surface area (Å²) in [6.45, 7) is 2.32. The molecule has 0 saturated carbocycles. The lowest BCUT2D eigenvalue weighted by Gasteiger charge is -2.16. The average Bonchev–Trinajstić information content (AvgIpc) is 3.15. The second-order valence-electron chi connectivity index (χ2n) is 6.24. The highest BCUT2D eigenvalue weighted by Crippen LogP contribution is 2.44. The van der Waals surface area contributed by atoms with Crippen molar-refractivity contribution in [3.05, 3.63) is 64.6 Å². The molecule has 0 aromatic heterocycles. The minimum absolute atomic E-state index is 0.00801. The lowest BCUT2D eigenvalue weighted by molar-refractivity contribution is -0.124. The number of amides is 3. The highest BCUT2D eigenvalue weighted by molar-refractivity contribution is 8.26. The highest BCUT2D eigenvalue weighted by atomic mass is 32.2. The summed E-state index contributed by atoms with van der Waals surface area (Å²) in [5.41, 5.74) is 4.10. The SMILES string of the molecule is CCN1C(=O)C(=C2SC(=S)N(NC(=O)c3ccccc3O)C2=O)c2ccccc21. The van der Waals surface area contributed by atoms with E-state index in [0.717, 1.165) is 22.5 Å². The van der Waals surface area contributed by atoms with Gasteiger partial charge in [0.05, 0.1) is 21.7 Å². The van der Waals surface area contributed by atoms with Gasteiger partial charge < -0.3 is 10.0 Å². The molecule has 2 aliphatic heterocycles. The van der Waals surface area contributed by atoms with E-state index in [1.54, 1.807) is 29.2 Å². The number of anilines is 1. The van der Waals surface area contributed by atoms with Crippen LogP contribution >= 0.6 is 24.0 Å². The van der Waals surface area contributed by atoms with Crippen LogP contribution in [0.15, 0.2) is 53.4 Å². The van der Waals surface area contributed by atoms with Crippen LogP contribution in [0.25, 0.3) is 5.57 Å². The number of carbonyl (C=O) groups excluding carboxylic acids is 3. The summed E-state index contributed by atoms with van der Waals surface area (Å²) in [6.07, 6.45) is 0. The first-order valence-corrected chi connectivity index (χ1v) is 9.97. The Balaban J connectivity index is 1.69. The molecule has 1 fully saturated rings. The number of phenolic OH excluding ortho intramolecular Hbond substituents is 1. The van der Waals surface area contributed by atoms with E-state index < -0.39 is 11.8 Å². The number of fused-ring (bicyclic) bond motifs is 1. The third-order valence-corrected chi connectivity index (χ3v) is 5.97. The smallest absolute Gasteiger partial charge is 0.286 e. The Hall–Kier alpha value is -3.17. The minimum atomic E-state index is -0.681. The predicted molar refractivity (Wildman–Crippen MR) is 114 cm³/mol. The van der Waals surface area contributed by atoms with Crippen molar-refractivity contribution in [2.45, 2.75) is 6.92 Å². The Kier molecular flexibility index (Phi) is 4.85. The lowest BCUT2D eigenvalue weighted by atomic mass is 10.1. The number of hydrazine groups is 1. The Morgan fingerprint density at radius 3 is 2.52 bits per heavy atom. The number of hydrogen-bond donors (Lipinski definition) is 2. The van der Waals surface area contributed by atoms with Crippen LogP contribution in [0.5, 0.6) is 5.75 Å². The summed E-state index contributed by atoms with van der Waals surface area (Å²) in [5.74, 6) is -1.76. The topological polar surface area (TPSA) is 90.0 Å². The fraction of sp³-hybridized carbons (Fsp3) is 0.100. The van der Waals surface area contributed by atoms with Crippen molar-refractivity contribution in [2.24, 2.45) is 0 Å². The monoisotopic (exact) mass is 425 g/mol. The molecule has 0 atom stereocenters. The van der Waals surface area contributed by atoms with Crippen LogP contribution in [-0.4, -0.2) is 38.7 Å². The van der Waals surface area contributed by atoms with Crippen molar-refractivity contribution in [1.82, 2.24) is 10.4 Å². The summed E-state index contributed by atoms with van der Waals surface area (Å²) in [5, 5.41) is 10.8. The molecule has 1 saturated heterocycles. The maximum Gasteiger partial charge on any atom is 0.286 e. The normalized spacial score (nSPS) is 18.4. The first-order chi connectivity index (χ1) is 13.9. The first-order valence-electron chi connectivity index (χ1n) is 8.74. The van der Waals surface area contributed by atoms with E-state index in [-0.39, 0.29) is 32.0 Å². The number of hydrogen-bond acceptors (Lipinski definition) is 6. The lowest BCUT2D eigenvalue weighted by Crippen LogP contribution is -2.45. The zero-order valence-electron chi connectivity index (χ0n) is 15.2. The highest BCUT2D eigenvalue weighted by Gasteiger charge is 2.42. The summed E-state index contributed by atoms with van der Waals surface area (Å²) >= 11 is 6.22. The van der Waals surface area contributed by atoms with Crippen LogP contribution < -0.4 is 10.3 Å². The Labute approximate surface area is 176 Å². The second-order valence-corrected chi connectivity index (χ2v) is 7.88. The molecule has 7 nitrogen and oxygen atoms in total. The molecule has 0 spiro atoms. The zero-order valence-corrected chi connectivity index (χ0v) is 16.8. The molecule has 0 aliphatic carbocycles. The van der Waals surface area contributed by atoms with Crippen LogP contribution in [0.1, 0.15) is 22.8 Å². The molecule has 9 heteroatoms. The van der Waals surface area contributed by atoms with E-state index in [4.69, 9.17) is 12.2 Å². The molecule has 29 heavy (non-hydrogen) atoms. The standard InChI is InChI=1S/C20H15N3O4S2/c1-2-22-13-9-5-3-7-11(13)15(18(22)26)16-19(27)23(20(28)29-16)21-17(25)12-8-4-6-10-14(12)24/h3-10,24H,2H2,1H3,(H,21,25). The van der Waals surface area contributed by atoms with Crippen molar-refractivity contribution in [3.8, 4) is 5.75 Å². The third kappa shape index (κ3) is 3.08. The van der Waals surface area contributed by atoms with Gasteiger partial charge in [-0.15, -0.1) is 0 Å². The number of aromatic hydroxyl groups is 1. The number of phenols is 1. The molecule has 4 rings (SSSR count). The Bertz CT molecular complexity index is 1110. The molecule has 2 aromatic rings. The van der Waals surface area contributed by atoms with Gasteiger partial charge in [-0.1, -0.05) is 42.1 Å². The number of rotatable bonds is 3. The fourth-order valence-electron chi connectivity index (χ4n) is 3.26. The van der Waals surface area contributed by atoms with Crippen molar-refractivity contribution in [3.63, 3.8) is 0 Å². The van der Waals surface area contributed by atoms with Crippen LogP contribution in [0, 0.1) is 0 Å². The molecule has 2 aromatic carbocycles. The maximum atomic E-state index is 13.0. The van der Waals surface area contributed by atoms with Crippen LogP contribution in [-0.2, 0) is 9.59 Å². The predicted octanol–water partition coefficient (Wildman–Crippen LogP) is 2.68. The molecule has 146 valence electrons.